The summed E-state index contributed by atoms with van der Waals surface area (Å²) < 4.78 is 1.37. The fourth-order valence-electron chi connectivity index (χ4n) is 6.47. The zero-order valence-corrected chi connectivity index (χ0v) is 27.4. The molecule has 214 valence electrons. The molecule has 0 spiro atoms. The molecule has 0 nitrogen and oxygen atoms in total. The van der Waals surface area contributed by atoms with Gasteiger partial charge >= 0.3 is 66.6 Å². The van der Waals surface area contributed by atoms with Gasteiger partial charge in [-0.1, -0.05) is 73.9 Å². The first-order valence-corrected chi connectivity index (χ1v) is 15.9. The maximum absolute atomic E-state index is 2.99. The smallest absolute Gasteiger partial charge is 0.0232 e. The largest absolute Gasteiger partial charge is 1.00 e. The van der Waals surface area contributed by atoms with Gasteiger partial charge in [0.15, 0.2) is 0 Å². The maximum atomic E-state index is 2.99. The van der Waals surface area contributed by atoms with Crippen LogP contribution in [0.2, 0.25) is 0 Å². The first kappa shape index (κ1) is 33.7. The normalized spacial score (nSPS) is 16.7. The molecule has 4 aromatic rings. The third kappa shape index (κ3) is 9.33. The molecule has 7 rings (SSSR count). The predicted octanol–water partition coefficient (Wildman–Crippen LogP) is 4.89. The minimum absolute atomic E-state index is 0. The minimum atomic E-state index is 0. The summed E-state index contributed by atoms with van der Waals surface area (Å²) >= 11 is 2.12. The Kier molecular flexibility index (Phi) is 14.2. The quantitative estimate of drug-likeness (QED) is 0.227. The van der Waals surface area contributed by atoms with Gasteiger partial charge in [-0.05, 0) is 37.5 Å². The van der Waals surface area contributed by atoms with E-state index in [0.29, 0.717) is 0 Å². The van der Waals surface area contributed by atoms with E-state index in [9.17, 15) is 0 Å². The average molecular weight is 618 g/mol. The van der Waals surface area contributed by atoms with E-state index in [1.165, 1.54) is 95.1 Å². The van der Waals surface area contributed by atoms with Gasteiger partial charge in [0, 0.05) is 0 Å². The van der Waals surface area contributed by atoms with Gasteiger partial charge < -0.3 is 24.8 Å². The van der Waals surface area contributed by atoms with Crippen LogP contribution in [-0.2, 0) is 20.0 Å². The summed E-state index contributed by atoms with van der Waals surface area (Å²) in [5.74, 6) is 1.60. The van der Waals surface area contributed by atoms with Crippen molar-refractivity contribution in [2.45, 2.75) is 89.4 Å². The minimum Gasteiger partial charge on any atom is -1.00 e. The van der Waals surface area contributed by atoms with Gasteiger partial charge in [-0.25, -0.2) is 12.2 Å². The van der Waals surface area contributed by atoms with Crippen molar-refractivity contribution in [3.63, 3.8) is 0 Å². The second-order valence-corrected chi connectivity index (χ2v) is 12.7. The summed E-state index contributed by atoms with van der Waals surface area (Å²) in [6.45, 7) is 2.12. The van der Waals surface area contributed by atoms with Crippen LogP contribution in [-0.4, -0.2) is 3.81 Å². The van der Waals surface area contributed by atoms with Gasteiger partial charge in [-0.3, -0.25) is 6.08 Å². The molecule has 0 aliphatic heterocycles. The van der Waals surface area contributed by atoms with Crippen LogP contribution < -0.4 is 24.8 Å². The Bertz CT molecular complexity index is 1330. The topological polar surface area (TPSA) is 0 Å². The van der Waals surface area contributed by atoms with Gasteiger partial charge in [-0.2, -0.15) is 6.08 Å². The van der Waals surface area contributed by atoms with Crippen LogP contribution in [0, 0.1) is 6.08 Å². The molecule has 41 heavy (non-hydrogen) atoms. The molecule has 0 amide bonds. The molecular formula is C38H42Cl2Ti-2. The summed E-state index contributed by atoms with van der Waals surface area (Å²) in [5, 5.41) is 5.81. The third-order valence-electron chi connectivity index (χ3n) is 8.70. The SMILES string of the molecule is C[C](=[Ti+2])c1ccccc1.[C-]1=CC=CC1.[Cl-].[Cl-].c1cc2c(cc1C1CCCCC1)[cH-]c1cc(C3CCCCC3)ccc12. The van der Waals surface area contributed by atoms with Crippen LogP contribution in [0.3, 0.4) is 0 Å². The second-order valence-electron chi connectivity index (χ2n) is 11.5. The molecule has 0 saturated heterocycles. The monoisotopic (exact) mass is 616 g/mol. The molecule has 0 unspecified atom stereocenters. The standard InChI is InChI=1S/C25H29.C8H8.C5H5.2ClH.Ti/c1-3-7-18(8-4-1)20-11-13-24-22(15-20)17-23-16-21(12-14-25(23)24)19-9-5-2-6-10-19;1-2-8-6-4-3-5-7-8;1-2-4-5-3-1;;;/h11-19H,1-10H2;3-7H,1H3;1-3H,4H2;2*1H;/q-1;;-1;;;+2/p-2. The first-order valence-electron chi connectivity index (χ1n) is 15.1. The third-order valence-corrected chi connectivity index (χ3v) is 9.15. The molecule has 3 heteroatoms. The van der Waals surface area contributed by atoms with Crippen LogP contribution >= 0.6 is 0 Å². The summed E-state index contributed by atoms with van der Waals surface area (Å²) in [7, 11) is 0. The van der Waals surface area contributed by atoms with Gasteiger partial charge in [0.2, 0.25) is 0 Å². The van der Waals surface area contributed by atoms with Crippen molar-refractivity contribution in [3.05, 3.63) is 114 Å². The molecule has 0 heterocycles. The Morgan fingerprint density at radius 1 is 0.707 bits per heavy atom. The van der Waals surface area contributed by atoms with E-state index in [2.05, 4.69) is 106 Å². The maximum Gasteiger partial charge on any atom is -0.0232 e. The molecule has 0 radical (unpaired) electrons. The van der Waals surface area contributed by atoms with Crippen molar-refractivity contribution < 1.29 is 44.8 Å². The molecule has 0 bridgehead atoms. The van der Waals surface area contributed by atoms with Crippen molar-refractivity contribution in [2.75, 3.05) is 0 Å². The molecule has 2 saturated carbocycles. The zero-order chi connectivity index (χ0) is 26.9. The van der Waals surface area contributed by atoms with Crippen molar-refractivity contribution in [1.29, 1.82) is 0 Å². The zero-order valence-electron chi connectivity index (χ0n) is 24.3. The molecule has 3 aliphatic carbocycles. The van der Waals surface area contributed by atoms with E-state index < -0.39 is 0 Å². The van der Waals surface area contributed by atoms with Crippen molar-refractivity contribution in [3.8, 4) is 0 Å². The van der Waals surface area contributed by atoms with Gasteiger partial charge in [0.1, 0.15) is 0 Å². The molecule has 2 fully saturated rings. The van der Waals surface area contributed by atoms with E-state index in [-0.39, 0.29) is 24.8 Å². The van der Waals surface area contributed by atoms with Crippen LogP contribution in [0.25, 0.3) is 21.5 Å². The summed E-state index contributed by atoms with van der Waals surface area (Å²) in [4.78, 5) is 0. The Balaban J connectivity index is 0.000000240. The second kappa shape index (κ2) is 17.3. The Morgan fingerprint density at radius 3 is 1.59 bits per heavy atom. The number of hydrogen-bond acceptors (Lipinski definition) is 0. The average Bonchev–Trinajstić information content (AvgIpc) is 3.70. The molecule has 0 N–H and O–H groups in total. The van der Waals surface area contributed by atoms with E-state index in [0.717, 1.165) is 18.3 Å². The van der Waals surface area contributed by atoms with Gasteiger partial charge in [0.05, 0.1) is 0 Å². The van der Waals surface area contributed by atoms with Crippen molar-refractivity contribution in [1.82, 2.24) is 0 Å². The first-order chi connectivity index (χ1) is 19.2. The van der Waals surface area contributed by atoms with Crippen LogP contribution in [0.5, 0.6) is 0 Å². The number of fused-ring (bicyclic) bond motifs is 3. The Morgan fingerprint density at radius 2 is 1.22 bits per heavy atom. The fraction of sp³-hybridized carbons (Fsp3) is 0.368. The van der Waals surface area contributed by atoms with Crippen molar-refractivity contribution >= 4 is 25.4 Å². The summed E-state index contributed by atoms with van der Waals surface area (Å²) in [6.07, 6.45) is 24.1. The molecule has 4 aromatic carbocycles. The number of rotatable bonds is 3. The van der Waals surface area contributed by atoms with E-state index in [1.807, 2.05) is 18.2 Å². The molecule has 0 aromatic heterocycles. The molecular weight excluding hydrogens is 575 g/mol. The number of allylic oxidation sites excluding steroid dienone is 4. The number of hydrogen-bond donors (Lipinski definition) is 0. The summed E-state index contributed by atoms with van der Waals surface area (Å²) in [5.41, 5.74) is 4.49. The van der Waals surface area contributed by atoms with Crippen molar-refractivity contribution in [2.24, 2.45) is 0 Å². The predicted molar refractivity (Wildman–Crippen MR) is 166 cm³/mol. The number of halogens is 2. The van der Waals surface area contributed by atoms with Crippen LogP contribution in [0.1, 0.15) is 106 Å². The number of benzene rings is 3. The van der Waals surface area contributed by atoms with Gasteiger partial charge in [0.25, 0.3) is 0 Å². The summed E-state index contributed by atoms with van der Waals surface area (Å²) in [6, 6.07) is 27.4. The van der Waals surface area contributed by atoms with Gasteiger partial charge in [-0.15, -0.1) is 46.2 Å². The molecule has 3 aliphatic rings. The van der Waals surface area contributed by atoms with Crippen LogP contribution in [0.15, 0.2) is 91.0 Å². The van der Waals surface area contributed by atoms with E-state index in [1.54, 1.807) is 11.1 Å². The Labute approximate surface area is 271 Å². The van der Waals surface area contributed by atoms with Crippen LogP contribution in [0.4, 0.5) is 0 Å². The van der Waals surface area contributed by atoms with E-state index >= 15 is 0 Å². The molecule has 0 atom stereocenters. The van der Waals surface area contributed by atoms with E-state index in [4.69, 9.17) is 0 Å². The Hall–Kier alpha value is -1.83. The fourth-order valence-corrected chi connectivity index (χ4v) is 6.73.